The predicted octanol–water partition coefficient (Wildman–Crippen LogP) is -0.236. The van der Waals surface area contributed by atoms with E-state index in [1.807, 2.05) is 0 Å². The van der Waals surface area contributed by atoms with Crippen molar-refractivity contribution in [1.82, 2.24) is 19.7 Å². The highest BCUT2D eigenvalue weighted by molar-refractivity contribution is 7.89. The summed E-state index contributed by atoms with van der Waals surface area (Å²) < 4.78 is 25.9. The van der Waals surface area contributed by atoms with Gasteiger partial charge in [0, 0.05) is 26.2 Å². The summed E-state index contributed by atoms with van der Waals surface area (Å²) >= 11 is 0. The standard InChI is InChI=1S/C19H29N7O6S/c1-3-33(31,32)21-6-8-26(9-11-28)19-24-17(20-7-10-27)23-18(25-19)22-15-5-4-13(2)12-14(15)16(29)30/h4-5,12,21,27-28H,3,6-11H2,1-2H3,(H,29,30)(H2,20,22,23,24,25). The quantitative estimate of drug-likeness (QED) is 0.207. The lowest BCUT2D eigenvalue weighted by atomic mass is 10.1. The number of carboxylic acid groups (broad SMARTS) is 1. The lowest BCUT2D eigenvalue weighted by molar-refractivity contribution is 0.0698. The molecule has 2 rings (SSSR count). The Morgan fingerprint density at radius 3 is 2.42 bits per heavy atom. The fraction of sp³-hybridized carbons (Fsp3) is 0.474. The molecule has 0 unspecified atom stereocenters. The topological polar surface area (TPSA) is 190 Å². The molecule has 6 N–H and O–H groups in total. The molecule has 0 aliphatic heterocycles. The lowest BCUT2D eigenvalue weighted by Crippen LogP contribution is -2.38. The van der Waals surface area contributed by atoms with Gasteiger partial charge in [0.05, 0.1) is 30.2 Å². The minimum atomic E-state index is -3.40. The summed E-state index contributed by atoms with van der Waals surface area (Å²) in [6.07, 6.45) is 0. The lowest BCUT2D eigenvalue weighted by Gasteiger charge is -2.23. The zero-order valence-corrected chi connectivity index (χ0v) is 19.3. The van der Waals surface area contributed by atoms with Gasteiger partial charge < -0.3 is 30.9 Å². The first-order valence-electron chi connectivity index (χ1n) is 10.2. The monoisotopic (exact) mass is 483 g/mol. The number of benzene rings is 1. The van der Waals surface area contributed by atoms with E-state index in [1.165, 1.54) is 13.0 Å². The van der Waals surface area contributed by atoms with Crippen LogP contribution in [0.5, 0.6) is 0 Å². The van der Waals surface area contributed by atoms with Gasteiger partial charge in [-0.2, -0.15) is 15.0 Å². The van der Waals surface area contributed by atoms with Crippen LogP contribution in [0.25, 0.3) is 0 Å². The zero-order valence-electron chi connectivity index (χ0n) is 18.4. The first-order valence-corrected chi connectivity index (χ1v) is 11.9. The molecule has 1 heterocycles. The Hall–Kier alpha value is -3.07. The van der Waals surface area contributed by atoms with Crippen LogP contribution in [-0.2, 0) is 10.0 Å². The average Bonchev–Trinajstić information content (AvgIpc) is 2.78. The summed E-state index contributed by atoms with van der Waals surface area (Å²) in [6.45, 7) is 3.37. The Morgan fingerprint density at radius 1 is 1.06 bits per heavy atom. The molecular weight excluding hydrogens is 454 g/mol. The minimum absolute atomic E-state index is 0.0306. The molecule has 33 heavy (non-hydrogen) atoms. The summed E-state index contributed by atoms with van der Waals surface area (Å²) in [6, 6.07) is 4.84. The number of aliphatic hydroxyl groups is 2. The van der Waals surface area contributed by atoms with Crippen molar-refractivity contribution in [2.24, 2.45) is 0 Å². The van der Waals surface area contributed by atoms with Crippen LogP contribution in [0.15, 0.2) is 18.2 Å². The number of nitrogens with zero attached hydrogens (tertiary/aromatic N) is 4. The number of nitrogens with one attached hydrogen (secondary N) is 3. The van der Waals surface area contributed by atoms with Crippen LogP contribution in [0.4, 0.5) is 23.5 Å². The molecule has 1 aromatic carbocycles. The SMILES string of the molecule is CCS(=O)(=O)NCCN(CCO)c1nc(NCCO)nc(Nc2ccc(C)cc2C(=O)O)n1. The number of aromatic carboxylic acids is 1. The zero-order chi connectivity index (χ0) is 24.4. The average molecular weight is 484 g/mol. The van der Waals surface area contributed by atoms with Crippen molar-refractivity contribution < 1.29 is 28.5 Å². The van der Waals surface area contributed by atoms with E-state index in [4.69, 9.17) is 5.11 Å². The molecule has 0 amide bonds. The second-order valence-corrected chi connectivity index (χ2v) is 9.02. The summed E-state index contributed by atoms with van der Waals surface area (Å²) in [5.41, 5.74) is 1.06. The van der Waals surface area contributed by atoms with E-state index in [0.29, 0.717) is 0 Å². The van der Waals surface area contributed by atoms with Crippen LogP contribution in [-0.4, -0.2) is 89.8 Å². The number of anilines is 4. The van der Waals surface area contributed by atoms with Gasteiger partial charge in [-0.1, -0.05) is 11.6 Å². The van der Waals surface area contributed by atoms with Gasteiger partial charge in [0.25, 0.3) is 0 Å². The van der Waals surface area contributed by atoms with Crippen molar-refractivity contribution in [2.45, 2.75) is 13.8 Å². The van der Waals surface area contributed by atoms with E-state index >= 15 is 0 Å². The highest BCUT2D eigenvalue weighted by atomic mass is 32.2. The maximum Gasteiger partial charge on any atom is 0.337 e. The minimum Gasteiger partial charge on any atom is -0.478 e. The van der Waals surface area contributed by atoms with Crippen LogP contribution in [0.2, 0.25) is 0 Å². The van der Waals surface area contributed by atoms with Crippen molar-refractivity contribution >= 4 is 39.5 Å². The van der Waals surface area contributed by atoms with Crippen LogP contribution < -0.4 is 20.3 Å². The van der Waals surface area contributed by atoms with Gasteiger partial charge in [-0.15, -0.1) is 0 Å². The number of rotatable bonds is 14. The molecular formula is C19H29N7O6S. The third-order valence-electron chi connectivity index (χ3n) is 4.41. The van der Waals surface area contributed by atoms with E-state index in [1.54, 1.807) is 24.0 Å². The van der Waals surface area contributed by atoms with Crippen molar-refractivity contribution in [2.75, 3.05) is 60.7 Å². The smallest absolute Gasteiger partial charge is 0.337 e. The Bertz CT molecular complexity index is 1050. The Kier molecular flexibility index (Phi) is 9.72. The summed E-state index contributed by atoms with van der Waals surface area (Å²) in [4.78, 5) is 26.0. The van der Waals surface area contributed by atoms with Crippen molar-refractivity contribution in [3.05, 3.63) is 29.3 Å². The number of hydrogen-bond acceptors (Lipinski definition) is 11. The van der Waals surface area contributed by atoms with E-state index in [-0.39, 0.29) is 74.2 Å². The Morgan fingerprint density at radius 2 is 1.79 bits per heavy atom. The van der Waals surface area contributed by atoms with Gasteiger partial charge >= 0.3 is 5.97 Å². The number of hydrogen-bond donors (Lipinski definition) is 6. The van der Waals surface area contributed by atoms with E-state index in [9.17, 15) is 23.4 Å². The molecule has 14 heteroatoms. The van der Waals surface area contributed by atoms with E-state index in [2.05, 4.69) is 30.3 Å². The molecule has 182 valence electrons. The fourth-order valence-corrected chi connectivity index (χ4v) is 3.35. The summed E-state index contributed by atoms with van der Waals surface area (Å²) in [5, 5.41) is 33.8. The third kappa shape index (κ3) is 8.09. The van der Waals surface area contributed by atoms with Crippen LogP contribution in [0.1, 0.15) is 22.8 Å². The molecule has 1 aromatic heterocycles. The van der Waals surface area contributed by atoms with E-state index in [0.717, 1.165) is 5.56 Å². The molecule has 2 aromatic rings. The number of aliphatic hydroxyl groups excluding tert-OH is 2. The molecule has 0 radical (unpaired) electrons. The molecule has 0 aliphatic rings. The molecule has 0 spiro atoms. The van der Waals surface area contributed by atoms with Crippen LogP contribution in [0.3, 0.4) is 0 Å². The fourth-order valence-electron chi connectivity index (χ4n) is 2.74. The largest absolute Gasteiger partial charge is 0.478 e. The number of aryl methyl sites for hydroxylation is 1. The third-order valence-corrected chi connectivity index (χ3v) is 5.81. The number of carbonyl (C=O) groups is 1. The predicted molar refractivity (Wildman–Crippen MR) is 124 cm³/mol. The Labute approximate surface area is 192 Å². The maximum atomic E-state index is 11.7. The second-order valence-electron chi connectivity index (χ2n) is 6.92. The van der Waals surface area contributed by atoms with Crippen molar-refractivity contribution in [3.8, 4) is 0 Å². The highest BCUT2D eigenvalue weighted by Gasteiger charge is 2.17. The maximum absolute atomic E-state index is 11.7. The summed E-state index contributed by atoms with van der Waals surface area (Å²) in [5.74, 6) is -0.924. The van der Waals surface area contributed by atoms with Gasteiger partial charge in [-0.25, -0.2) is 17.9 Å². The molecule has 0 saturated heterocycles. The van der Waals surface area contributed by atoms with E-state index < -0.39 is 16.0 Å². The molecule has 0 fully saturated rings. The Balaban J connectivity index is 2.37. The number of sulfonamides is 1. The van der Waals surface area contributed by atoms with Crippen molar-refractivity contribution in [3.63, 3.8) is 0 Å². The molecule has 0 atom stereocenters. The van der Waals surface area contributed by atoms with Crippen LogP contribution in [0, 0.1) is 6.92 Å². The van der Waals surface area contributed by atoms with Gasteiger partial charge in [0.1, 0.15) is 0 Å². The molecule has 0 bridgehead atoms. The first-order chi connectivity index (χ1) is 15.7. The molecule has 0 aliphatic carbocycles. The normalized spacial score (nSPS) is 11.3. The van der Waals surface area contributed by atoms with Gasteiger partial charge in [0.15, 0.2) is 0 Å². The van der Waals surface area contributed by atoms with Gasteiger partial charge in [0.2, 0.25) is 27.9 Å². The number of carboxylic acids is 1. The first kappa shape index (κ1) is 26.2. The second kappa shape index (κ2) is 12.2. The summed E-state index contributed by atoms with van der Waals surface area (Å²) in [7, 11) is -3.40. The van der Waals surface area contributed by atoms with Gasteiger partial charge in [-0.05, 0) is 26.0 Å². The van der Waals surface area contributed by atoms with Gasteiger partial charge in [-0.3, -0.25) is 0 Å². The molecule has 0 saturated carbocycles. The number of aromatic nitrogens is 3. The van der Waals surface area contributed by atoms with Crippen molar-refractivity contribution in [1.29, 1.82) is 0 Å². The highest BCUT2D eigenvalue weighted by Crippen LogP contribution is 2.22. The molecule has 13 nitrogen and oxygen atoms in total. The van der Waals surface area contributed by atoms with Crippen LogP contribution >= 0.6 is 0 Å².